The van der Waals surface area contributed by atoms with Crippen molar-refractivity contribution in [1.29, 1.82) is 0 Å². The Morgan fingerprint density at radius 1 is 1.04 bits per heavy atom. The second-order valence-corrected chi connectivity index (χ2v) is 7.03. The molecule has 0 saturated carbocycles. The molecule has 0 unspecified atom stereocenters. The molecule has 1 amide bonds. The average molecular weight is 374 g/mol. The molecule has 0 fully saturated rings. The van der Waals surface area contributed by atoms with E-state index in [1.54, 1.807) is 7.11 Å². The molecular formula is C22H18N2O2S. The SMILES string of the molecule is COc1ccc(-c2csc(NC(=O)Cc3ccc4ccccc4c3)n2)cc1. The van der Waals surface area contributed by atoms with Crippen LogP contribution in [0.25, 0.3) is 22.0 Å². The standard InChI is InChI=1S/C22H18N2O2S/c1-26-19-10-8-17(9-11-19)20-14-27-22(23-20)24-21(25)13-15-6-7-16-4-2-3-5-18(16)12-15/h2-12,14H,13H2,1H3,(H,23,24,25). The van der Waals surface area contributed by atoms with Gasteiger partial charge in [0.05, 0.1) is 19.2 Å². The first-order valence-electron chi connectivity index (χ1n) is 8.59. The van der Waals surface area contributed by atoms with Crippen molar-refractivity contribution in [3.8, 4) is 17.0 Å². The molecule has 0 saturated heterocycles. The van der Waals surface area contributed by atoms with Crippen LogP contribution in [0.2, 0.25) is 0 Å². The number of fused-ring (bicyclic) bond motifs is 1. The summed E-state index contributed by atoms with van der Waals surface area (Å²) >= 11 is 1.42. The summed E-state index contributed by atoms with van der Waals surface area (Å²) in [5.41, 5.74) is 2.81. The summed E-state index contributed by atoms with van der Waals surface area (Å²) in [6.07, 6.45) is 0.322. The van der Waals surface area contributed by atoms with Crippen molar-refractivity contribution in [2.45, 2.75) is 6.42 Å². The lowest BCUT2D eigenvalue weighted by Crippen LogP contribution is -2.14. The minimum atomic E-state index is -0.0686. The van der Waals surface area contributed by atoms with Crippen molar-refractivity contribution in [2.75, 3.05) is 12.4 Å². The van der Waals surface area contributed by atoms with Gasteiger partial charge in [-0.25, -0.2) is 4.98 Å². The quantitative estimate of drug-likeness (QED) is 0.525. The Labute approximate surface area is 161 Å². The van der Waals surface area contributed by atoms with Gasteiger partial charge in [-0.15, -0.1) is 11.3 Å². The van der Waals surface area contributed by atoms with E-state index in [1.807, 2.05) is 53.9 Å². The molecule has 0 aliphatic rings. The monoisotopic (exact) mass is 374 g/mol. The molecular weight excluding hydrogens is 356 g/mol. The molecule has 3 aromatic carbocycles. The number of carbonyl (C=O) groups excluding carboxylic acids is 1. The Hall–Kier alpha value is -3.18. The normalized spacial score (nSPS) is 10.7. The Bertz CT molecular complexity index is 1090. The number of nitrogens with one attached hydrogen (secondary N) is 1. The minimum absolute atomic E-state index is 0.0686. The van der Waals surface area contributed by atoms with Gasteiger partial charge in [-0.3, -0.25) is 4.79 Å². The highest BCUT2D eigenvalue weighted by molar-refractivity contribution is 7.14. The Kier molecular flexibility index (Phi) is 4.85. The molecule has 1 heterocycles. The molecule has 0 aliphatic carbocycles. The van der Waals surface area contributed by atoms with Crippen LogP contribution in [0.5, 0.6) is 5.75 Å². The van der Waals surface area contributed by atoms with Crippen molar-refractivity contribution in [2.24, 2.45) is 0 Å². The maximum Gasteiger partial charge on any atom is 0.230 e. The van der Waals surface area contributed by atoms with Crippen LogP contribution in [0.4, 0.5) is 5.13 Å². The zero-order valence-electron chi connectivity index (χ0n) is 14.8. The average Bonchev–Trinajstić information content (AvgIpc) is 3.16. The summed E-state index contributed by atoms with van der Waals surface area (Å²) in [6.45, 7) is 0. The Morgan fingerprint density at radius 3 is 2.59 bits per heavy atom. The lowest BCUT2D eigenvalue weighted by Gasteiger charge is -2.04. The fourth-order valence-electron chi connectivity index (χ4n) is 2.92. The summed E-state index contributed by atoms with van der Waals surface area (Å²) in [7, 11) is 1.64. The molecule has 0 bridgehead atoms. The highest BCUT2D eigenvalue weighted by atomic mass is 32.1. The first-order valence-corrected chi connectivity index (χ1v) is 9.47. The number of hydrogen-bond donors (Lipinski definition) is 1. The molecule has 4 aromatic rings. The zero-order chi connectivity index (χ0) is 18.6. The predicted octanol–water partition coefficient (Wildman–Crippen LogP) is 5.15. The van der Waals surface area contributed by atoms with Gasteiger partial charge >= 0.3 is 0 Å². The second-order valence-electron chi connectivity index (χ2n) is 6.17. The molecule has 1 N–H and O–H groups in total. The van der Waals surface area contributed by atoms with E-state index < -0.39 is 0 Å². The van der Waals surface area contributed by atoms with Gasteiger partial charge in [0, 0.05) is 10.9 Å². The number of anilines is 1. The van der Waals surface area contributed by atoms with Crippen LogP contribution >= 0.6 is 11.3 Å². The minimum Gasteiger partial charge on any atom is -0.497 e. The first kappa shape index (κ1) is 17.2. The van der Waals surface area contributed by atoms with Crippen molar-refractivity contribution in [3.05, 3.63) is 77.7 Å². The molecule has 0 radical (unpaired) electrons. The first-order chi connectivity index (χ1) is 13.2. The number of aromatic nitrogens is 1. The van der Waals surface area contributed by atoms with Gasteiger partial charge in [0.15, 0.2) is 5.13 Å². The van der Waals surface area contributed by atoms with E-state index in [-0.39, 0.29) is 5.91 Å². The topological polar surface area (TPSA) is 51.2 Å². The fraction of sp³-hybridized carbons (Fsp3) is 0.0909. The molecule has 4 rings (SSSR count). The van der Waals surface area contributed by atoms with Gasteiger partial charge in [-0.05, 0) is 40.6 Å². The summed E-state index contributed by atoms with van der Waals surface area (Å²) in [4.78, 5) is 16.9. The largest absolute Gasteiger partial charge is 0.497 e. The third kappa shape index (κ3) is 3.99. The van der Waals surface area contributed by atoms with Crippen molar-refractivity contribution < 1.29 is 9.53 Å². The lowest BCUT2D eigenvalue weighted by molar-refractivity contribution is -0.115. The van der Waals surface area contributed by atoms with Crippen LogP contribution in [0, 0.1) is 0 Å². The van der Waals surface area contributed by atoms with E-state index in [1.165, 1.54) is 16.7 Å². The lowest BCUT2D eigenvalue weighted by atomic mass is 10.1. The Morgan fingerprint density at radius 2 is 1.81 bits per heavy atom. The van der Waals surface area contributed by atoms with Gasteiger partial charge in [-0.2, -0.15) is 0 Å². The zero-order valence-corrected chi connectivity index (χ0v) is 15.6. The van der Waals surface area contributed by atoms with E-state index >= 15 is 0 Å². The van der Waals surface area contributed by atoms with Crippen LogP contribution < -0.4 is 10.1 Å². The second kappa shape index (κ2) is 7.60. The van der Waals surface area contributed by atoms with Crippen LogP contribution in [0.15, 0.2) is 72.1 Å². The molecule has 4 nitrogen and oxygen atoms in total. The van der Waals surface area contributed by atoms with E-state index in [4.69, 9.17) is 4.74 Å². The summed E-state index contributed by atoms with van der Waals surface area (Å²) in [5, 5.41) is 7.75. The van der Waals surface area contributed by atoms with Crippen molar-refractivity contribution in [1.82, 2.24) is 4.98 Å². The summed E-state index contributed by atoms with van der Waals surface area (Å²) in [5.74, 6) is 0.735. The van der Waals surface area contributed by atoms with Crippen LogP contribution in [0.1, 0.15) is 5.56 Å². The number of methoxy groups -OCH3 is 1. The number of rotatable bonds is 5. The predicted molar refractivity (Wildman–Crippen MR) is 110 cm³/mol. The van der Waals surface area contributed by atoms with Gasteiger partial charge < -0.3 is 10.1 Å². The number of thiazole rings is 1. The number of hydrogen-bond acceptors (Lipinski definition) is 4. The van der Waals surface area contributed by atoms with Gasteiger partial charge in [-0.1, -0.05) is 42.5 Å². The third-order valence-corrected chi connectivity index (χ3v) is 5.07. The number of carbonyl (C=O) groups is 1. The molecule has 0 aliphatic heterocycles. The van der Waals surface area contributed by atoms with Crippen molar-refractivity contribution >= 4 is 33.1 Å². The molecule has 0 spiro atoms. The Balaban J connectivity index is 1.43. The van der Waals surface area contributed by atoms with E-state index in [0.29, 0.717) is 11.6 Å². The molecule has 27 heavy (non-hydrogen) atoms. The summed E-state index contributed by atoms with van der Waals surface area (Å²) < 4.78 is 5.17. The van der Waals surface area contributed by atoms with Crippen LogP contribution in [-0.4, -0.2) is 18.0 Å². The maximum absolute atomic E-state index is 12.4. The number of nitrogens with zero attached hydrogens (tertiary/aromatic N) is 1. The van der Waals surface area contributed by atoms with E-state index in [9.17, 15) is 4.79 Å². The van der Waals surface area contributed by atoms with Crippen molar-refractivity contribution in [3.63, 3.8) is 0 Å². The number of ether oxygens (including phenoxy) is 1. The van der Waals surface area contributed by atoms with Gasteiger partial charge in [0.2, 0.25) is 5.91 Å². The molecule has 5 heteroatoms. The van der Waals surface area contributed by atoms with Gasteiger partial charge in [0.1, 0.15) is 5.75 Å². The van der Waals surface area contributed by atoms with Gasteiger partial charge in [0.25, 0.3) is 0 Å². The summed E-state index contributed by atoms with van der Waals surface area (Å²) in [6, 6.07) is 21.9. The van der Waals surface area contributed by atoms with E-state index in [0.717, 1.165) is 28.0 Å². The molecule has 0 atom stereocenters. The fourth-order valence-corrected chi connectivity index (χ4v) is 3.66. The maximum atomic E-state index is 12.4. The highest BCUT2D eigenvalue weighted by Gasteiger charge is 2.09. The number of amides is 1. The third-order valence-electron chi connectivity index (χ3n) is 4.31. The van der Waals surface area contributed by atoms with E-state index in [2.05, 4.69) is 28.5 Å². The number of benzene rings is 3. The molecule has 1 aromatic heterocycles. The molecule has 134 valence electrons. The van der Waals surface area contributed by atoms with Crippen LogP contribution in [0.3, 0.4) is 0 Å². The highest BCUT2D eigenvalue weighted by Crippen LogP contribution is 2.26. The van der Waals surface area contributed by atoms with Crippen LogP contribution in [-0.2, 0) is 11.2 Å². The smallest absolute Gasteiger partial charge is 0.230 e.